The van der Waals surface area contributed by atoms with Crippen molar-refractivity contribution in [3.05, 3.63) is 48.1 Å². The number of pyridine rings is 2. The molecule has 0 aliphatic heterocycles. The van der Waals surface area contributed by atoms with Crippen molar-refractivity contribution >= 4 is 22.8 Å². The highest BCUT2D eigenvalue weighted by Crippen LogP contribution is 2.44. The lowest BCUT2D eigenvalue weighted by molar-refractivity contribution is 0.382. The Bertz CT molecular complexity index is 1090. The summed E-state index contributed by atoms with van der Waals surface area (Å²) in [6.45, 7) is 1.12. The minimum atomic E-state index is -1.17. The van der Waals surface area contributed by atoms with E-state index < -0.39 is 5.67 Å². The molecule has 0 aromatic carbocycles. The summed E-state index contributed by atoms with van der Waals surface area (Å²) in [5.41, 5.74) is 8.15. The fourth-order valence-electron chi connectivity index (χ4n) is 3.52. The van der Waals surface area contributed by atoms with Gasteiger partial charge in [-0.1, -0.05) is 6.08 Å². The lowest BCUT2D eigenvalue weighted by Crippen LogP contribution is -2.15. The number of hydrogen-bond donors (Lipinski definition) is 2. The van der Waals surface area contributed by atoms with Gasteiger partial charge in [0.25, 0.3) is 0 Å². The molecule has 2 aliphatic rings. The number of anilines is 1. The number of alkyl halides is 1. The van der Waals surface area contributed by atoms with Crippen LogP contribution in [0.3, 0.4) is 0 Å². The Balaban J connectivity index is 1.63. The predicted molar refractivity (Wildman–Crippen MR) is 112 cm³/mol. The normalized spacial score (nSPS) is 17.7. The summed E-state index contributed by atoms with van der Waals surface area (Å²) in [5.74, 6) is 1.87. The summed E-state index contributed by atoms with van der Waals surface area (Å²) in [5, 5.41) is 4.38. The van der Waals surface area contributed by atoms with Crippen LogP contribution in [0.4, 0.5) is 10.2 Å². The Hall–Kier alpha value is -2.93. The second-order valence-corrected chi connectivity index (χ2v) is 7.84. The molecule has 29 heavy (non-hydrogen) atoms. The van der Waals surface area contributed by atoms with Gasteiger partial charge in [0.15, 0.2) is 5.82 Å². The number of nitrogens with zero attached hydrogens (tertiary/aromatic N) is 4. The van der Waals surface area contributed by atoms with Gasteiger partial charge in [-0.2, -0.15) is 0 Å². The van der Waals surface area contributed by atoms with Crippen LogP contribution < -0.4 is 11.1 Å². The van der Waals surface area contributed by atoms with Gasteiger partial charge in [0, 0.05) is 48.2 Å². The zero-order valence-corrected chi connectivity index (χ0v) is 16.1. The molecule has 0 radical (unpaired) electrons. The Kier molecular flexibility index (Phi) is 4.47. The maximum Gasteiger partial charge on any atom is 0.162 e. The van der Waals surface area contributed by atoms with E-state index in [0.29, 0.717) is 37.7 Å². The number of fused-ring (bicyclic) bond motifs is 1. The maximum atomic E-state index is 14.1. The molecular weight excluding hydrogens is 367 g/mol. The fourth-order valence-corrected chi connectivity index (χ4v) is 3.52. The van der Waals surface area contributed by atoms with Crippen LogP contribution in [0, 0.1) is 0 Å². The van der Waals surface area contributed by atoms with Gasteiger partial charge in [0.05, 0.1) is 11.7 Å². The van der Waals surface area contributed by atoms with Crippen LogP contribution in [-0.4, -0.2) is 38.7 Å². The molecule has 3 aromatic heterocycles. The molecular formula is C22H23FN6. The van der Waals surface area contributed by atoms with Crippen LogP contribution in [0.25, 0.3) is 28.4 Å². The Morgan fingerprint density at radius 2 is 2.03 bits per heavy atom. The molecule has 2 aliphatic carbocycles. The third kappa shape index (κ3) is 3.70. The molecule has 0 atom stereocenters. The van der Waals surface area contributed by atoms with E-state index in [9.17, 15) is 4.39 Å². The van der Waals surface area contributed by atoms with Crippen LogP contribution in [-0.2, 0) is 0 Å². The highest BCUT2D eigenvalue weighted by Gasteiger charge is 2.40. The largest absolute Gasteiger partial charge is 0.368 e. The SMILES string of the molecule is NCCNc1nc(-c2ccncc2C=CC2(F)CC2)nc2cncc(C3CC3)c12. The van der Waals surface area contributed by atoms with Crippen molar-refractivity contribution in [1.82, 2.24) is 19.9 Å². The molecule has 0 amide bonds. The third-order valence-electron chi connectivity index (χ3n) is 5.47. The average Bonchev–Trinajstić information content (AvgIpc) is 3.67. The van der Waals surface area contributed by atoms with Gasteiger partial charge in [-0.15, -0.1) is 0 Å². The summed E-state index contributed by atoms with van der Waals surface area (Å²) in [7, 11) is 0. The molecule has 7 heteroatoms. The zero-order chi connectivity index (χ0) is 19.8. The number of allylic oxidation sites excluding steroid dienone is 1. The van der Waals surface area contributed by atoms with E-state index in [1.165, 1.54) is 18.4 Å². The van der Waals surface area contributed by atoms with E-state index in [1.54, 1.807) is 30.7 Å². The van der Waals surface area contributed by atoms with Crippen molar-refractivity contribution in [3.63, 3.8) is 0 Å². The van der Waals surface area contributed by atoms with Gasteiger partial charge >= 0.3 is 0 Å². The van der Waals surface area contributed by atoms with E-state index in [0.717, 1.165) is 27.8 Å². The van der Waals surface area contributed by atoms with Gasteiger partial charge in [-0.25, -0.2) is 14.4 Å². The molecule has 2 saturated carbocycles. The maximum absolute atomic E-state index is 14.1. The van der Waals surface area contributed by atoms with E-state index >= 15 is 0 Å². The quantitative estimate of drug-likeness (QED) is 0.637. The minimum absolute atomic E-state index is 0.506. The van der Waals surface area contributed by atoms with Gasteiger partial charge in [0.1, 0.15) is 11.5 Å². The van der Waals surface area contributed by atoms with E-state index in [4.69, 9.17) is 15.7 Å². The Morgan fingerprint density at radius 1 is 1.17 bits per heavy atom. The van der Waals surface area contributed by atoms with Crippen molar-refractivity contribution in [2.45, 2.75) is 37.3 Å². The first-order valence-corrected chi connectivity index (χ1v) is 10.1. The second kappa shape index (κ2) is 7.15. The van der Waals surface area contributed by atoms with Gasteiger partial charge in [-0.3, -0.25) is 9.97 Å². The fraction of sp³-hybridized carbons (Fsp3) is 0.364. The molecule has 0 spiro atoms. The van der Waals surface area contributed by atoms with Crippen LogP contribution >= 0.6 is 0 Å². The van der Waals surface area contributed by atoms with Crippen LogP contribution in [0.2, 0.25) is 0 Å². The lowest BCUT2D eigenvalue weighted by atomic mass is 10.1. The lowest BCUT2D eigenvalue weighted by Gasteiger charge is -2.14. The highest BCUT2D eigenvalue weighted by molar-refractivity contribution is 5.94. The highest BCUT2D eigenvalue weighted by atomic mass is 19.1. The Morgan fingerprint density at radius 3 is 2.79 bits per heavy atom. The van der Waals surface area contributed by atoms with Crippen molar-refractivity contribution in [2.24, 2.45) is 5.73 Å². The van der Waals surface area contributed by atoms with E-state index in [1.807, 2.05) is 12.3 Å². The molecule has 148 valence electrons. The number of halogens is 1. The third-order valence-corrected chi connectivity index (χ3v) is 5.47. The Labute approximate surface area is 168 Å². The molecule has 3 aromatic rings. The topological polar surface area (TPSA) is 89.6 Å². The van der Waals surface area contributed by atoms with Gasteiger partial charge < -0.3 is 11.1 Å². The van der Waals surface area contributed by atoms with Crippen molar-refractivity contribution in [2.75, 3.05) is 18.4 Å². The van der Waals surface area contributed by atoms with Crippen molar-refractivity contribution < 1.29 is 4.39 Å². The van der Waals surface area contributed by atoms with Crippen LogP contribution in [0.5, 0.6) is 0 Å². The molecule has 3 heterocycles. The summed E-state index contributed by atoms with van der Waals surface area (Å²) in [4.78, 5) is 18.3. The number of nitrogens with one attached hydrogen (secondary N) is 1. The summed E-state index contributed by atoms with van der Waals surface area (Å²) in [6, 6.07) is 1.86. The summed E-state index contributed by atoms with van der Waals surface area (Å²) in [6.07, 6.45) is 14.0. The first-order chi connectivity index (χ1) is 14.2. The molecule has 0 unspecified atom stereocenters. The molecule has 5 rings (SSSR count). The molecule has 3 N–H and O–H groups in total. The number of rotatable bonds is 7. The average molecular weight is 390 g/mol. The molecule has 2 fully saturated rings. The number of nitrogens with two attached hydrogens (primary N) is 1. The van der Waals surface area contributed by atoms with Crippen molar-refractivity contribution in [3.8, 4) is 11.4 Å². The standard InChI is InChI=1S/C22H23FN6/c23-22(6-7-22)5-3-15-11-25-9-4-16(15)20-28-18-13-26-12-17(14-1-2-14)19(18)21(29-20)27-10-8-24/h3-5,9,11-14H,1-2,6-8,10,24H2,(H,27,28,29). The smallest absolute Gasteiger partial charge is 0.162 e. The first-order valence-electron chi connectivity index (χ1n) is 10.1. The van der Waals surface area contributed by atoms with E-state index in [2.05, 4.69) is 15.3 Å². The predicted octanol–water partition coefficient (Wildman–Crippen LogP) is 3.85. The summed E-state index contributed by atoms with van der Waals surface area (Å²) >= 11 is 0. The van der Waals surface area contributed by atoms with Crippen LogP contribution in [0.1, 0.15) is 42.7 Å². The monoisotopic (exact) mass is 390 g/mol. The molecule has 0 bridgehead atoms. The van der Waals surface area contributed by atoms with Gasteiger partial charge in [0.2, 0.25) is 0 Å². The molecule has 0 saturated heterocycles. The zero-order valence-electron chi connectivity index (χ0n) is 16.1. The number of hydrogen-bond acceptors (Lipinski definition) is 6. The molecule has 6 nitrogen and oxygen atoms in total. The number of aromatic nitrogens is 4. The van der Waals surface area contributed by atoms with Crippen molar-refractivity contribution in [1.29, 1.82) is 0 Å². The summed E-state index contributed by atoms with van der Waals surface area (Å²) < 4.78 is 14.1. The first kappa shape index (κ1) is 18.1. The van der Waals surface area contributed by atoms with Gasteiger partial charge in [-0.05, 0) is 49.3 Å². The van der Waals surface area contributed by atoms with E-state index in [-0.39, 0.29) is 0 Å². The second-order valence-electron chi connectivity index (χ2n) is 7.84. The van der Waals surface area contributed by atoms with Crippen LogP contribution in [0.15, 0.2) is 36.9 Å². The minimum Gasteiger partial charge on any atom is -0.368 e.